The molecule has 0 spiro atoms. The Labute approximate surface area is 154 Å². The summed E-state index contributed by atoms with van der Waals surface area (Å²) in [6, 6.07) is 5.02. The molecule has 2 amide bonds. The van der Waals surface area contributed by atoms with Crippen LogP contribution in [0.5, 0.6) is 5.75 Å². The molecule has 0 fully saturated rings. The van der Waals surface area contributed by atoms with Gasteiger partial charge < -0.3 is 24.5 Å². The summed E-state index contributed by atoms with van der Waals surface area (Å²) in [7, 11) is 1.58. The molecule has 0 bridgehead atoms. The molecular formula is C17H21BrN2O5. The van der Waals surface area contributed by atoms with Crippen molar-refractivity contribution in [1.82, 2.24) is 10.6 Å². The highest BCUT2D eigenvalue weighted by atomic mass is 79.9. The first-order chi connectivity index (χ1) is 11.9. The lowest BCUT2D eigenvalue weighted by atomic mass is 10.1. The third-order valence-electron chi connectivity index (χ3n) is 3.24. The van der Waals surface area contributed by atoms with E-state index in [-0.39, 0.29) is 24.4 Å². The van der Waals surface area contributed by atoms with Crippen molar-refractivity contribution in [2.24, 2.45) is 0 Å². The maximum atomic E-state index is 12.3. The fourth-order valence-electron chi connectivity index (χ4n) is 2.20. The minimum absolute atomic E-state index is 0.0157. The lowest BCUT2D eigenvalue weighted by molar-refractivity contribution is -0.120. The summed E-state index contributed by atoms with van der Waals surface area (Å²) in [5.74, 6) is -0.118. The van der Waals surface area contributed by atoms with Gasteiger partial charge in [0.25, 0.3) is 5.91 Å². The maximum absolute atomic E-state index is 12.3. The van der Waals surface area contributed by atoms with Crippen molar-refractivity contribution in [3.8, 4) is 5.75 Å². The number of carbonyl (C=O) groups excluding carboxylic acids is 2. The molecule has 2 N–H and O–H groups in total. The van der Waals surface area contributed by atoms with E-state index in [0.29, 0.717) is 34.8 Å². The normalized spacial score (nSPS) is 10.9. The highest BCUT2D eigenvalue weighted by Crippen LogP contribution is 2.32. The number of rotatable bonds is 8. The standard InChI is InChI=1S/C17H21BrN2O5/c1-10(2)20-16(21)9-19-17(22)11-6-13(24-5-4-23-3)12-8-15(18)25-14(12)7-11/h6-8,10H,4-5,9H2,1-3H3,(H,19,22)(H,20,21). The van der Waals surface area contributed by atoms with Crippen molar-refractivity contribution in [3.63, 3.8) is 0 Å². The van der Waals surface area contributed by atoms with Crippen LogP contribution in [0.4, 0.5) is 0 Å². The summed E-state index contributed by atoms with van der Waals surface area (Å²) >= 11 is 3.27. The SMILES string of the molecule is COCCOc1cc(C(=O)NCC(=O)NC(C)C)cc2oc(Br)cc12. The van der Waals surface area contributed by atoms with Crippen LogP contribution in [0.15, 0.2) is 27.3 Å². The van der Waals surface area contributed by atoms with E-state index in [2.05, 4.69) is 26.6 Å². The number of ether oxygens (including phenoxy) is 2. The fraction of sp³-hybridized carbons (Fsp3) is 0.412. The highest BCUT2D eigenvalue weighted by molar-refractivity contribution is 9.10. The molecule has 0 saturated heterocycles. The van der Waals surface area contributed by atoms with Gasteiger partial charge in [0.05, 0.1) is 18.5 Å². The summed E-state index contributed by atoms with van der Waals surface area (Å²) in [5, 5.41) is 6.04. The van der Waals surface area contributed by atoms with Gasteiger partial charge in [0, 0.05) is 24.8 Å². The van der Waals surface area contributed by atoms with Crippen LogP contribution in [0, 0.1) is 0 Å². The van der Waals surface area contributed by atoms with Gasteiger partial charge in [-0.3, -0.25) is 9.59 Å². The molecule has 0 radical (unpaired) electrons. The molecule has 1 aromatic carbocycles. The first-order valence-electron chi connectivity index (χ1n) is 7.83. The maximum Gasteiger partial charge on any atom is 0.251 e. The zero-order valence-electron chi connectivity index (χ0n) is 14.3. The Kier molecular flexibility index (Phi) is 6.83. The van der Waals surface area contributed by atoms with E-state index in [1.165, 1.54) is 0 Å². The average molecular weight is 413 g/mol. The Morgan fingerprint density at radius 1 is 1.24 bits per heavy atom. The molecule has 0 aliphatic heterocycles. The van der Waals surface area contributed by atoms with Crippen molar-refractivity contribution >= 4 is 38.7 Å². The summed E-state index contributed by atoms with van der Waals surface area (Å²) < 4.78 is 16.7. The van der Waals surface area contributed by atoms with Crippen LogP contribution in [-0.4, -0.2) is 44.7 Å². The Hall–Kier alpha value is -2.06. The Balaban J connectivity index is 2.16. The van der Waals surface area contributed by atoms with Crippen molar-refractivity contribution in [2.45, 2.75) is 19.9 Å². The second-order valence-corrected chi connectivity index (χ2v) is 6.46. The quantitative estimate of drug-likeness (QED) is 0.649. The van der Waals surface area contributed by atoms with Gasteiger partial charge in [-0.15, -0.1) is 0 Å². The first kappa shape index (κ1) is 19.3. The van der Waals surface area contributed by atoms with Crippen molar-refractivity contribution in [2.75, 3.05) is 26.9 Å². The van der Waals surface area contributed by atoms with Gasteiger partial charge in [0.15, 0.2) is 4.67 Å². The fourth-order valence-corrected chi connectivity index (χ4v) is 2.60. The Morgan fingerprint density at radius 3 is 2.68 bits per heavy atom. The summed E-state index contributed by atoms with van der Waals surface area (Å²) in [6.07, 6.45) is 0. The van der Waals surface area contributed by atoms with Crippen LogP contribution < -0.4 is 15.4 Å². The number of furan rings is 1. The van der Waals surface area contributed by atoms with E-state index in [1.807, 2.05) is 13.8 Å². The predicted octanol–water partition coefficient (Wildman–Crippen LogP) is 2.47. The van der Waals surface area contributed by atoms with E-state index in [0.717, 1.165) is 5.39 Å². The molecule has 0 unspecified atom stereocenters. The molecule has 2 rings (SSSR count). The van der Waals surface area contributed by atoms with Gasteiger partial charge in [-0.2, -0.15) is 0 Å². The molecule has 0 atom stereocenters. The third kappa shape index (κ3) is 5.47. The second kappa shape index (κ2) is 8.87. The van der Waals surface area contributed by atoms with Gasteiger partial charge in [-0.05, 0) is 41.9 Å². The van der Waals surface area contributed by atoms with Crippen LogP contribution in [-0.2, 0) is 9.53 Å². The molecule has 1 heterocycles. The minimum atomic E-state index is -0.384. The van der Waals surface area contributed by atoms with Crippen molar-refractivity contribution in [3.05, 3.63) is 28.4 Å². The molecular weight excluding hydrogens is 392 g/mol. The summed E-state index contributed by atoms with van der Waals surface area (Å²) in [5.41, 5.74) is 0.859. The van der Waals surface area contributed by atoms with Crippen molar-refractivity contribution in [1.29, 1.82) is 0 Å². The number of hydrogen-bond donors (Lipinski definition) is 2. The number of benzene rings is 1. The highest BCUT2D eigenvalue weighted by Gasteiger charge is 2.15. The molecule has 136 valence electrons. The summed E-state index contributed by atoms with van der Waals surface area (Å²) in [6.45, 7) is 4.37. The van der Waals surface area contributed by atoms with Crippen LogP contribution in [0.2, 0.25) is 0 Å². The largest absolute Gasteiger partial charge is 0.490 e. The Bertz CT molecular complexity index is 757. The van der Waals surface area contributed by atoms with Crippen LogP contribution >= 0.6 is 15.9 Å². The van der Waals surface area contributed by atoms with E-state index in [1.54, 1.807) is 25.3 Å². The molecule has 7 nitrogen and oxygen atoms in total. The first-order valence-corrected chi connectivity index (χ1v) is 8.62. The van der Waals surface area contributed by atoms with Gasteiger partial charge in [-0.25, -0.2) is 0 Å². The molecule has 0 aliphatic rings. The van der Waals surface area contributed by atoms with Gasteiger partial charge in [0.2, 0.25) is 5.91 Å². The topological polar surface area (TPSA) is 89.8 Å². The number of methoxy groups -OCH3 is 1. The number of halogens is 1. The second-order valence-electron chi connectivity index (χ2n) is 5.68. The molecule has 8 heteroatoms. The third-order valence-corrected chi connectivity index (χ3v) is 3.63. The molecule has 0 saturated carbocycles. The van der Waals surface area contributed by atoms with Gasteiger partial charge in [0.1, 0.15) is 17.9 Å². The number of amides is 2. The van der Waals surface area contributed by atoms with E-state index < -0.39 is 0 Å². The zero-order chi connectivity index (χ0) is 18.4. The molecule has 0 aliphatic carbocycles. The van der Waals surface area contributed by atoms with E-state index >= 15 is 0 Å². The smallest absolute Gasteiger partial charge is 0.251 e. The van der Waals surface area contributed by atoms with Gasteiger partial charge >= 0.3 is 0 Å². The summed E-state index contributed by atoms with van der Waals surface area (Å²) in [4.78, 5) is 24.0. The molecule has 1 aromatic heterocycles. The lowest BCUT2D eigenvalue weighted by Crippen LogP contribution is -2.39. The number of carbonyl (C=O) groups is 2. The lowest BCUT2D eigenvalue weighted by Gasteiger charge is -2.11. The van der Waals surface area contributed by atoms with Crippen molar-refractivity contribution < 1.29 is 23.5 Å². The molecule has 25 heavy (non-hydrogen) atoms. The van der Waals surface area contributed by atoms with E-state index in [4.69, 9.17) is 13.9 Å². The number of fused-ring (bicyclic) bond motifs is 1. The zero-order valence-corrected chi connectivity index (χ0v) is 15.9. The molecule has 2 aromatic rings. The van der Waals surface area contributed by atoms with Gasteiger partial charge in [-0.1, -0.05) is 0 Å². The van der Waals surface area contributed by atoms with Crippen LogP contribution in [0.1, 0.15) is 24.2 Å². The van der Waals surface area contributed by atoms with Crippen LogP contribution in [0.3, 0.4) is 0 Å². The van der Waals surface area contributed by atoms with E-state index in [9.17, 15) is 9.59 Å². The Morgan fingerprint density at radius 2 is 2.00 bits per heavy atom. The monoisotopic (exact) mass is 412 g/mol. The number of nitrogens with one attached hydrogen (secondary N) is 2. The number of hydrogen-bond acceptors (Lipinski definition) is 5. The minimum Gasteiger partial charge on any atom is -0.490 e. The predicted molar refractivity (Wildman–Crippen MR) is 96.9 cm³/mol. The average Bonchev–Trinajstić information content (AvgIpc) is 2.92. The van der Waals surface area contributed by atoms with Crippen LogP contribution in [0.25, 0.3) is 11.0 Å².